The van der Waals surface area contributed by atoms with Gasteiger partial charge in [-0.1, -0.05) is 46.9 Å². The Bertz CT molecular complexity index is 657. The Morgan fingerprint density at radius 3 is 2.67 bits per heavy atom. The zero-order valence-corrected chi connectivity index (χ0v) is 11.1. The summed E-state index contributed by atoms with van der Waals surface area (Å²) in [5, 5.41) is 3.71. The van der Waals surface area contributed by atoms with Crippen molar-refractivity contribution in [2.45, 2.75) is 6.54 Å². The number of halogens is 4. The summed E-state index contributed by atoms with van der Waals surface area (Å²) in [6, 6.07) is 4.33. The molecule has 0 radical (unpaired) electrons. The van der Waals surface area contributed by atoms with E-state index in [1.807, 2.05) is 0 Å². The Labute approximate surface area is 117 Å². The Morgan fingerprint density at radius 1 is 1.22 bits per heavy atom. The number of hydrogen-bond acceptors (Lipinski definition) is 2. The lowest BCUT2D eigenvalue weighted by Gasteiger charge is -2.07. The molecule has 0 N–H and O–H groups in total. The molecule has 0 aliphatic rings. The first-order valence-corrected chi connectivity index (χ1v) is 5.98. The number of aromatic nitrogens is 2. The fraction of sp³-hybridized carbons (Fsp3) is 0.0909. The molecule has 1 heterocycles. The molecule has 2 aromatic rings. The molecule has 0 atom stereocenters. The molecule has 7 heteroatoms. The van der Waals surface area contributed by atoms with Gasteiger partial charge in [0.05, 0.1) is 22.8 Å². The highest BCUT2D eigenvalue weighted by Gasteiger charge is 2.11. The molecule has 3 nitrogen and oxygen atoms in total. The lowest BCUT2D eigenvalue weighted by molar-refractivity contribution is 0.611. The lowest BCUT2D eigenvalue weighted by Crippen LogP contribution is -2.24. The van der Waals surface area contributed by atoms with Crippen LogP contribution in [0.25, 0.3) is 0 Å². The molecule has 0 saturated carbocycles. The first-order valence-electron chi connectivity index (χ1n) is 4.84. The van der Waals surface area contributed by atoms with Crippen LogP contribution in [0.2, 0.25) is 15.1 Å². The van der Waals surface area contributed by atoms with Gasteiger partial charge in [0.25, 0.3) is 5.56 Å². The molecule has 0 aliphatic carbocycles. The van der Waals surface area contributed by atoms with Crippen LogP contribution in [-0.2, 0) is 6.54 Å². The molecule has 0 bridgehead atoms. The predicted octanol–water partition coefficient (Wildman–Crippen LogP) is 3.39. The van der Waals surface area contributed by atoms with Gasteiger partial charge >= 0.3 is 0 Å². The van der Waals surface area contributed by atoms with E-state index in [9.17, 15) is 9.18 Å². The van der Waals surface area contributed by atoms with Crippen LogP contribution in [0.3, 0.4) is 0 Å². The van der Waals surface area contributed by atoms with Crippen molar-refractivity contribution in [1.82, 2.24) is 9.78 Å². The second kappa shape index (κ2) is 5.26. The summed E-state index contributed by atoms with van der Waals surface area (Å²) in [5.74, 6) is -0.553. The van der Waals surface area contributed by atoms with Gasteiger partial charge < -0.3 is 0 Å². The Kier molecular flexibility index (Phi) is 3.90. The zero-order chi connectivity index (χ0) is 13.3. The van der Waals surface area contributed by atoms with Crippen LogP contribution in [0.1, 0.15) is 5.56 Å². The fourth-order valence-electron chi connectivity index (χ4n) is 1.39. The fourth-order valence-corrected chi connectivity index (χ4v) is 1.85. The van der Waals surface area contributed by atoms with E-state index in [-0.39, 0.29) is 21.6 Å². The summed E-state index contributed by atoms with van der Waals surface area (Å²) in [4.78, 5) is 11.7. The van der Waals surface area contributed by atoms with Gasteiger partial charge in [-0.25, -0.2) is 9.07 Å². The minimum absolute atomic E-state index is 0.0202. The van der Waals surface area contributed by atoms with Crippen molar-refractivity contribution < 1.29 is 4.39 Å². The normalized spacial score (nSPS) is 10.7. The summed E-state index contributed by atoms with van der Waals surface area (Å²) in [5.41, 5.74) is -0.117. The summed E-state index contributed by atoms with van der Waals surface area (Å²) >= 11 is 17.1. The molecule has 94 valence electrons. The minimum Gasteiger partial charge on any atom is -0.266 e. The van der Waals surface area contributed by atoms with Crippen molar-refractivity contribution in [3.8, 4) is 0 Å². The Morgan fingerprint density at radius 2 is 1.94 bits per heavy atom. The molecule has 0 unspecified atom stereocenters. The summed E-state index contributed by atoms with van der Waals surface area (Å²) in [6.45, 7) is 0.0202. The van der Waals surface area contributed by atoms with Gasteiger partial charge in [-0.05, 0) is 11.6 Å². The third-order valence-electron chi connectivity index (χ3n) is 2.29. The highest BCUT2D eigenvalue weighted by atomic mass is 35.5. The van der Waals surface area contributed by atoms with Crippen LogP contribution < -0.4 is 5.56 Å². The van der Waals surface area contributed by atoms with E-state index >= 15 is 0 Å². The van der Waals surface area contributed by atoms with Crippen molar-refractivity contribution in [2.75, 3.05) is 0 Å². The van der Waals surface area contributed by atoms with Crippen molar-refractivity contribution in [1.29, 1.82) is 0 Å². The Hall–Kier alpha value is -1.10. The number of benzene rings is 1. The van der Waals surface area contributed by atoms with Crippen molar-refractivity contribution >= 4 is 34.8 Å². The molecule has 0 amide bonds. The van der Waals surface area contributed by atoms with Crippen molar-refractivity contribution in [2.24, 2.45) is 0 Å². The Balaban J connectivity index is 2.44. The summed E-state index contributed by atoms with van der Waals surface area (Å²) in [6.07, 6.45) is 1.25. The number of nitrogens with zero attached hydrogens (tertiary/aromatic N) is 2. The summed E-state index contributed by atoms with van der Waals surface area (Å²) in [7, 11) is 0. The van der Waals surface area contributed by atoms with Crippen LogP contribution in [-0.4, -0.2) is 9.78 Å². The third kappa shape index (κ3) is 2.51. The zero-order valence-electron chi connectivity index (χ0n) is 8.83. The first-order chi connectivity index (χ1) is 8.50. The largest absolute Gasteiger partial charge is 0.287 e. The standard InChI is InChI=1S/C11H6Cl3FN2O/c12-7-4-16-17(11(18)10(7)14)5-6-2-1-3-8(15)9(6)13/h1-4H,5H2. The van der Waals surface area contributed by atoms with Gasteiger partial charge in [0, 0.05) is 0 Å². The first kappa shape index (κ1) is 13.3. The SMILES string of the molecule is O=c1c(Cl)c(Cl)cnn1Cc1cccc(F)c1Cl. The van der Waals surface area contributed by atoms with Gasteiger partial charge in [-0.2, -0.15) is 5.10 Å². The van der Waals surface area contributed by atoms with E-state index in [4.69, 9.17) is 34.8 Å². The van der Waals surface area contributed by atoms with Crippen LogP contribution in [0.4, 0.5) is 4.39 Å². The third-order valence-corrected chi connectivity index (χ3v) is 3.47. The highest BCUT2D eigenvalue weighted by Crippen LogP contribution is 2.20. The van der Waals surface area contributed by atoms with E-state index in [0.717, 1.165) is 4.68 Å². The summed E-state index contributed by atoms with van der Waals surface area (Å²) < 4.78 is 14.3. The van der Waals surface area contributed by atoms with Crippen LogP contribution in [0.15, 0.2) is 29.2 Å². The highest BCUT2D eigenvalue weighted by molar-refractivity contribution is 6.41. The monoisotopic (exact) mass is 306 g/mol. The smallest absolute Gasteiger partial charge is 0.266 e. The molecular weight excluding hydrogens is 301 g/mol. The topological polar surface area (TPSA) is 34.9 Å². The van der Waals surface area contributed by atoms with Gasteiger partial charge in [-0.3, -0.25) is 4.79 Å². The van der Waals surface area contributed by atoms with E-state index in [1.165, 1.54) is 18.3 Å². The van der Waals surface area contributed by atoms with Crippen molar-refractivity contribution in [3.63, 3.8) is 0 Å². The predicted molar refractivity (Wildman–Crippen MR) is 69.0 cm³/mol. The number of hydrogen-bond donors (Lipinski definition) is 0. The van der Waals surface area contributed by atoms with Crippen LogP contribution in [0.5, 0.6) is 0 Å². The van der Waals surface area contributed by atoms with Gasteiger partial charge in [0.2, 0.25) is 0 Å². The molecule has 1 aromatic carbocycles. The molecule has 18 heavy (non-hydrogen) atoms. The van der Waals surface area contributed by atoms with Gasteiger partial charge in [0.15, 0.2) is 0 Å². The maximum Gasteiger partial charge on any atom is 0.287 e. The second-order valence-electron chi connectivity index (χ2n) is 3.48. The maximum absolute atomic E-state index is 13.2. The maximum atomic E-state index is 13.2. The van der Waals surface area contributed by atoms with E-state index < -0.39 is 11.4 Å². The number of rotatable bonds is 2. The van der Waals surface area contributed by atoms with Crippen molar-refractivity contribution in [3.05, 3.63) is 61.2 Å². The van der Waals surface area contributed by atoms with Crippen LogP contribution in [0, 0.1) is 5.82 Å². The van der Waals surface area contributed by atoms with E-state index in [2.05, 4.69) is 5.10 Å². The molecule has 0 fully saturated rings. The van der Waals surface area contributed by atoms with Gasteiger partial charge in [0.1, 0.15) is 10.8 Å². The molecule has 0 saturated heterocycles. The quantitative estimate of drug-likeness (QED) is 0.852. The van der Waals surface area contributed by atoms with Crippen LogP contribution >= 0.6 is 34.8 Å². The molecule has 2 rings (SSSR count). The second-order valence-corrected chi connectivity index (χ2v) is 4.65. The van der Waals surface area contributed by atoms with E-state index in [0.29, 0.717) is 5.56 Å². The molecular formula is C11H6Cl3FN2O. The average molecular weight is 308 g/mol. The molecule has 1 aromatic heterocycles. The average Bonchev–Trinajstić information content (AvgIpc) is 2.35. The molecule has 0 aliphatic heterocycles. The molecule has 0 spiro atoms. The van der Waals surface area contributed by atoms with E-state index in [1.54, 1.807) is 6.07 Å². The van der Waals surface area contributed by atoms with Gasteiger partial charge in [-0.15, -0.1) is 0 Å². The minimum atomic E-state index is -0.553. The lowest BCUT2D eigenvalue weighted by atomic mass is 10.2.